The number of aryl methyl sites for hydroxylation is 1. The Hall–Kier alpha value is -3.08. The molecule has 0 saturated carbocycles. The lowest BCUT2D eigenvalue weighted by Gasteiger charge is -2.15. The number of carbonyl (C=O) groups is 1. The number of nitrogens with one attached hydrogen (secondary N) is 1. The molecule has 26 heavy (non-hydrogen) atoms. The van der Waals surface area contributed by atoms with Crippen molar-refractivity contribution in [3.63, 3.8) is 0 Å². The van der Waals surface area contributed by atoms with E-state index in [-0.39, 0.29) is 11.9 Å². The van der Waals surface area contributed by atoms with Crippen molar-refractivity contribution >= 4 is 5.91 Å². The van der Waals surface area contributed by atoms with Gasteiger partial charge in [-0.25, -0.2) is 4.68 Å². The molecule has 0 aliphatic heterocycles. The smallest absolute Gasteiger partial charge is 0.251 e. The summed E-state index contributed by atoms with van der Waals surface area (Å²) >= 11 is 0. The molecule has 0 aliphatic rings. The number of rotatable bonds is 6. The van der Waals surface area contributed by atoms with Crippen molar-refractivity contribution in [1.29, 1.82) is 0 Å². The van der Waals surface area contributed by atoms with Gasteiger partial charge in [0.25, 0.3) is 5.91 Å². The summed E-state index contributed by atoms with van der Waals surface area (Å²) in [5.41, 5.74) is 3.64. The second-order valence-corrected chi connectivity index (χ2v) is 6.13. The molecule has 0 bridgehead atoms. The van der Waals surface area contributed by atoms with Gasteiger partial charge in [-0.2, -0.15) is 5.10 Å². The molecule has 0 aliphatic carbocycles. The molecular formula is C21H23N3O2. The van der Waals surface area contributed by atoms with E-state index in [1.54, 1.807) is 6.20 Å². The number of carbonyl (C=O) groups excluding carboxylic acids is 1. The number of amides is 1. The highest BCUT2D eigenvalue weighted by Gasteiger charge is 2.12. The molecule has 0 radical (unpaired) electrons. The lowest BCUT2D eigenvalue weighted by atomic mass is 10.1. The molecule has 0 fully saturated rings. The van der Waals surface area contributed by atoms with E-state index in [1.807, 2.05) is 80.1 Å². The zero-order valence-electron chi connectivity index (χ0n) is 15.3. The topological polar surface area (TPSA) is 56.1 Å². The first-order chi connectivity index (χ1) is 12.6. The maximum atomic E-state index is 12.5. The van der Waals surface area contributed by atoms with Crippen LogP contribution >= 0.6 is 0 Å². The lowest BCUT2D eigenvalue weighted by Crippen LogP contribution is -2.26. The Morgan fingerprint density at radius 1 is 1.12 bits per heavy atom. The third-order valence-corrected chi connectivity index (χ3v) is 4.24. The molecule has 1 heterocycles. The molecule has 1 amide bonds. The molecule has 0 saturated heterocycles. The maximum absolute atomic E-state index is 12.5. The van der Waals surface area contributed by atoms with Crippen LogP contribution in [0.4, 0.5) is 0 Å². The molecule has 1 N–H and O–H groups in total. The van der Waals surface area contributed by atoms with E-state index in [9.17, 15) is 4.79 Å². The molecule has 3 aromatic rings. The molecule has 5 heteroatoms. The van der Waals surface area contributed by atoms with Crippen LogP contribution in [-0.4, -0.2) is 22.3 Å². The average Bonchev–Trinajstić information content (AvgIpc) is 3.08. The Kier molecular flexibility index (Phi) is 5.37. The van der Waals surface area contributed by atoms with Gasteiger partial charge in [0.15, 0.2) is 0 Å². The molecule has 1 atom stereocenters. The van der Waals surface area contributed by atoms with Gasteiger partial charge in [-0.05, 0) is 68.8 Å². The number of aromatic nitrogens is 2. The molecule has 134 valence electrons. The zero-order valence-corrected chi connectivity index (χ0v) is 15.3. The van der Waals surface area contributed by atoms with Crippen LogP contribution in [0.3, 0.4) is 0 Å². The minimum atomic E-state index is -0.102. The van der Waals surface area contributed by atoms with E-state index >= 15 is 0 Å². The second kappa shape index (κ2) is 7.87. The normalized spacial score (nSPS) is 11.8. The van der Waals surface area contributed by atoms with Crippen molar-refractivity contribution in [3.8, 4) is 11.4 Å². The molecule has 1 unspecified atom stereocenters. The fourth-order valence-electron chi connectivity index (χ4n) is 2.78. The van der Waals surface area contributed by atoms with Crippen LogP contribution < -0.4 is 10.1 Å². The summed E-state index contributed by atoms with van der Waals surface area (Å²) in [6, 6.07) is 17.1. The summed E-state index contributed by atoms with van der Waals surface area (Å²) in [6.45, 7) is 6.55. The van der Waals surface area contributed by atoms with E-state index < -0.39 is 0 Å². The van der Waals surface area contributed by atoms with Crippen molar-refractivity contribution < 1.29 is 9.53 Å². The first-order valence-corrected chi connectivity index (χ1v) is 8.73. The third kappa shape index (κ3) is 3.94. The van der Waals surface area contributed by atoms with Crippen LogP contribution in [0.2, 0.25) is 0 Å². The monoisotopic (exact) mass is 349 g/mol. The minimum absolute atomic E-state index is 0.0915. The van der Waals surface area contributed by atoms with Crippen molar-refractivity contribution in [1.82, 2.24) is 15.1 Å². The second-order valence-electron chi connectivity index (χ2n) is 6.13. The van der Waals surface area contributed by atoms with Crippen molar-refractivity contribution in [2.45, 2.75) is 26.8 Å². The Labute approximate surface area is 153 Å². The van der Waals surface area contributed by atoms with Gasteiger partial charge in [0, 0.05) is 17.5 Å². The highest BCUT2D eigenvalue weighted by molar-refractivity contribution is 5.94. The van der Waals surface area contributed by atoms with Crippen LogP contribution in [-0.2, 0) is 0 Å². The van der Waals surface area contributed by atoms with E-state index in [0.29, 0.717) is 12.2 Å². The highest BCUT2D eigenvalue weighted by atomic mass is 16.5. The summed E-state index contributed by atoms with van der Waals surface area (Å²) in [7, 11) is 0. The van der Waals surface area contributed by atoms with Gasteiger partial charge in [0.1, 0.15) is 5.75 Å². The summed E-state index contributed by atoms with van der Waals surface area (Å²) in [4.78, 5) is 12.5. The van der Waals surface area contributed by atoms with Crippen LogP contribution in [0, 0.1) is 6.92 Å². The quantitative estimate of drug-likeness (QED) is 0.730. The first-order valence-electron chi connectivity index (χ1n) is 8.73. The molecule has 5 nitrogen and oxygen atoms in total. The summed E-state index contributed by atoms with van der Waals surface area (Å²) < 4.78 is 7.28. The molecule has 2 aromatic carbocycles. The molecule has 3 rings (SSSR count). The fraction of sp³-hybridized carbons (Fsp3) is 0.238. The van der Waals surface area contributed by atoms with Gasteiger partial charge in [-0.15, -0.1) is 0 Å². The lowest BCUT2D eigenvalue weighted by molar-refractivity contribution is 0.0940. The summed E-state index contributed by atoms with van der Waals surface area (Å²) in [6.07, 6.45) is 1.76. The van der Waals surface area contributed by atoms with Crippen LogP contribution in [0.15, 0.2) is 60.8 Å². The largest absolute Gasteiger partial charge is 0.494 e. The van der Waals surface area contributed by atoms with Gasteiger partial charge in [0.05, 0.1) is 18.3 Å². The average molecular weight is 349 g/mol. The number of hydrogen-bond donors (Lipinski definition) is 1. The Morgan fingerprint density at radius 2 is 1.81 bits per heavy atom. The minimum Gasteiger partial charge on any atom is -0.494 e. The van der Waals surface area contributed by atoms with E-state index in [0.717, 1.165) is 22.7 Å². The van der Waals surface area contributed by atoms with Crippen LogP contribution in [0.25, 0.3) is 5.69 Å². The molecular weight excluding hydrogens is 326 g/mol. The van der Waals surface area contributed by atoms with Gasteiger partial charge in [-0.3, -0.25) is 4.79 Å². The number of benzene rings is 2. The standard InChI is InChI=1S/C21H23N3O2/c1-4-26-20-11-7-17(8-12-20)16(3)23-21(25)18-5-9-19(10-6-18)24-15(2)13-14-22-24/h5-14,16H,4H2,1-3H3,(H,23,25). The number of nitrogens with zero attached hydrogens (tertiary/aromatic N) is 2. The van der Waals surface area contributed by atoms with Gasteiger partial charge >= 0.3 is 0 Å². The maximum Gasteiger partial charge on any atom is 0.251 e. The molecule has 0 spiro atoms. The predicted molar refractivity (Wildman–Crippen MR) is 102 cm³/mol. The number of hydrogen-bond acceptors (Lipinski definition) is 3. The van der Waals surface area contributed by atoms with Gasteiger partial charge in [-0.1, -0.05) is 12.1 Å². The first kappa shape index (κ1) is 17.7. The summed E-state index contributed by atoms with van der Waals surface area (Å²) in [5, 5.41) is 7.30. The van der Waals surface area contributed by atoms with Crippen molar-refractivity contribution in [2.24, 2.45) is 0 Å². The van der Waals surface area contributed by atoms with Gasteiger partial charge < -0.3 is 10.1 Å². The van der Waals surface area contributed by atoms with E-state index in [4.69, 9.17) is 4.74 Å². The van der Waals surface area contributed by atoms with E-state index in [1.165, 1.54) is 0 Å². The Morgan fingerprint density at radius 3 is 2.38 bits per heavy atom. The van der Waals surface area contributed by atoms with Crippen molar-refractivity contribution in [2.75, 3.05) is 6.61 Å². The summed E-state index contributed by atoms with van der Waals surface area (Å²) in [5.74, 6) is 0.731. The van der Waals surface area contributed by atoms with Crippen LogP contribution in [0.1, 0.15) is 41.5 Å². The SMILES string of the molecule is CCOc1ccc(C(C)NC(=O)c2ccc(-n3nccc3C)cc2)cc1. The Bertz CT molecular complexity index is 867. The fourth-order valence-corrected chi connectivity index (χ4v) is 2.78. The Balaban J connectivity index is 1.66. The zero-order chi connectivity index (χ0) is 18.5. The third-order valence-electron chi connectivity index (χ3n) is 4.24. The number of ether oxygens (including phenoxy) is 1. The molecule has 1 aromatic heterocycles. The predicted octanol–water partition coefficient (Wildman–Crippen LogP) is 4.07. The van der Waals surface area contributed by atoms with Crippen LogP contribution in [0.5, 0.6) is 5.75 Å². The highest BCUT2D eigenvalue weighted by Crippen LogP contribution is 2.18. The van der Waals surface area contributed by atoms with E-state index in [2.05, 4.69) is 10.4 Å². The van der Waals surface area contributed by atoms with Crippen molar-refractivity contribution in [3.05, 3.63) is 77.6 Å². The van der Waals surface area contributed by atoms with Gasteiger partial charge in [0.2, 0.25) is 0 Å².